The summed E-state index contributed by atoms with van der Waals surface area (Å²) in [6.45, 7) is 2.01. The second-order valence-electron chi connectivity index (χ2n) is 5.27. The third-order valence-electron chi connectivity index (χ3n) is 3.34. The predicted molar refractivity (Wildman–Crippen MR) is 67.0 cm³/mol. The Morgan fingerprint density at radius 1 is 1.45 bits per heavy atom. The van der Waals surface area contributed by atoms with Gasteiger partial charge in [-0.3, -0.25) is 4.79 Å². The van der Waals surface area contributed by atoms with E-state index in [2.05, 4.69) is 0 Å². The summed E-state index contributed by atoms with van der Waals surface area (Å²) in [5.41, 5.74) is 2.78. The number of carbonyl (C=O) groups is 1. The van der Waals surface area contributed by atoms with E-state index in [0.29, 0.717) is 13.0 Å². The number of nitrogens with zero attached hydrogens (tertiary/aromatic N) is 1. The number of amides is 1. The molecule has 1 fully saturated rings. The van der Waals surface area contributed by atoms with E-state index >= 15 is 0 Å². The molecular formula is C13H15F3N2O2. The van der Waals surface area contributed by atoms with Crippen LogP contribution in [0.25, 0.3) is 0 Å². The molecule has 2 rings (SSSR count). The molecule has 20 heavy (non-hydrogen) atoms. The Kier molecular flexibility index (Phi) is 3.41. The highest BCUT2D eigenvalue weighted by atomic mass is 19.4. The average molecular weight is 288 g/mol. The Morgan fingerprint density at radius 2 is 2.10 bits per heavy atom. The van der Waals surface area contributed by atoms with Gasteiger partial charge in [0, 0.05) is 24.3 Å². The highest BCUT2D eigenvalue weighted by Gasteiger charge is 2.36. The molecule has 110 valence electrons. The first-order chi connectivity index (χ1) is 9.10. The van der Waals surface area contributed by atoms with Crippen LogP contribution in [-0.4, -0.2) is 34.6 Å². The number of hydrogen-bond donors (Lipinski definition) is 2. The van der Waals surface area contributed by atoms with E-state index in [1.165, 1.54) is 11.0 Å². The second-order valence-corrected chi connectivity index (χ2v) is 5.27. The maximum absolute atomic E-state index is 12.7. The molecule has 0 aliphatic carbocycles. The minimum Gasteiger partial charge on any atom is -0.398 e. The molecule has 1 atom stereocenters. The number of rotatable bonds is 1. The van der Waals surface area contributed by atoms with E-state index in [-0.39, 0.29) is 12.1 Å². The summed E-state index contributed by atoms with van der Waals surface area (Å²) < 4.78 is 38.2. The number of nitrogens with two attached hydrogens (primary N) is 1. The van der Waals surface area contributed by atoms with Crippen molar-refractivity contribution in [1.82, 2.24) is 4.90 Å². The zero-order valence-corrected chi connectivity index (χ0v) is 10.9. The van der Waals surface area contributed by atoms with Crippen LogP contribution in [0.1, 0.15) is 29.3 Å². The van der Waals surface area contributed by atoms with Crippen molar-refractivity contribution in [2.75, 3.05) is 18.8 Å². The lowest BCUT2D eigenvalue weighted by Gasteiger charge is -2.20. The number of benzene rings is 1. The summed E-state index contributed by atoms with van der Waals surface area (Å²) in [6.07, 6.45) is -4.20. The van der Waals surface area contributed by atoms with Gasteiger partial charge in [-0.05, 0) is 31.5 Å². The van der Waals surface area contributed by atoms with Gasteiger partial charge in [0.2, 0.25) is 0 Å². The van der Waals surface area contributed by atoms with Crippen LogP contribution in [0.15, 0.2) is 18.2 Å². The number of anilines is 1. The van der Waals surface area contributed by atoms with Crippen LogP contribution in [-0.2, 0) is 6.18 Å². The number of aliphatic hydroxyl groups is 1. The lowest BCUT2D eigenvalue weighted by atomic mass is 10.1. The fourth-order valence-corrected chi connectivity index (χ4v) is 2.24. The van der Waals surface area contributed by atoms with Gasteiger partial charge in [0.05, 0.1) is 11.2 Å². The van der Waals surface area contributed by atoms with Crippen molar-refractivity contribution in [3.8, 4) is 0 Å². The summed E-state index contributed by atoms with van der Waals surface area (Å²) in [4.78, 5) is 13.5. The summed E-state index contributed by atoms with van der Waals surface area (Å²) in [5, 5.41) is 9.79. The Bertz CT molecular complexity index is 541. The molecule has 1 aliphatic rings. The molecule has 1 saturated heterocycles. The number of hydrogen-bond acceptors (Lipinski definition) is 3. The summed E-state index contributed by atoms with van der Waals surface area (Å²) in [6, 6.07) is 3.09. The van der Waals surface area contributed by atoms with E-state index in [1.54, 1.807) is 6.92 Å². The van der Waals surface area contributed by atoms with Gasteiger partial charge in [0.1, 0.15) is 0 Å². The molecule has 0 saturated carbocycles. The SMILES string of the molecule is CC1(O)CCN(C(=O)c2ccc(N)c(C(F)(F)F)c2)C1. The van der Waals surface area contributed by atoms with E-state index in [9.17, 15) is 23.1 Å². The van der Waals surface area contributed by atoms with Crippen molar-refractivity contribution in [1.29, 1.82) is 0 Å². The third kappa shape index (κ3) is 2.87. The number of carbonyl (C=O) groups excluding carboxylic acids is 1. The van der Waals surface area contributed by atoms with E-state index in [4.69, 9.17) is 5.73 Å². The maximum atomic E-state index is 12.7. The van der Waals surface area contributed by atoms with Crippen LogP contribution < -0.4 is 5.73 Å². The molecule has 3 N–H and O–H groups in total. The summed E-state index contributed by atoms with van der Waals surface area (Å²) >= 11 is 0. The van der Waals surface area contributed by atoms with Crippen molar-refractivity contribution in [2.24, 2.45) is 0 Å². The molecule has 1 amide bonds. The highest BCUT2D eigenvalue weighted by Crippen LogP contribution is 2.34. The molecule has 1 aromatic carbocycles. The monoisotopic (exact) mass is 288 g/mol. The molecular weight excluding hydrogens is 273 g/mol. The molecule has 4 nitrogen and oxygen atoms in total. The van der Waals surface area contributed by atoms with Crippen molar-refractivity contribution in [2.45, 2.75) is 25.1 Å². The Morgan fingerprint density at radius 3 is 2.60 bits per heavy atom. The number of β-amino-alcohol motifs (C(OH)–C–C–N with tert-alkyl or cyclic N) is 1. The van der Waals surface area contributed by atoms with Crippen molar-refractivity contribution < 1.29 is 23.1 Å². The second kappa shape index (κ2) is 4.66. The van der Waals surface area contributed by atoms with Crippen LogP contribution in [0.5, 0.6) is 0 Å². The molecule has 1 heterocycles. The lowest BCUT2D eigenvalue weighted by molar-refractivity contribution is -0.136. The van der Waals surface area contributed by atoms with Crippen molar-refractivity contribution >= 4 is 11.6 Å². The van der Waals surface area contributed by atoms with Gasteiger partial charge in [-0.2, -0.15) is 13.2 Å². The predicted octanol–water partition coefficient (Wildman–Crippen LogP) is 1.88. The van der Waals surface area contributed by atoms with Gasteiger partial charge < -0.3 is 15.7 Å². The van der Waals surface area contributed by atoms with Crippen LogP contribution in [0, 0.1) is 0 Å². The number of alkyl halides is 3. The first-order valence-corrected chi connectivity index (χ1v) is 6.08. The fourth-order valence-electron chi connectivity index (χ4n) is 2.24. The Labute approximate surface area is 114 Å². The Balaban J connectivity index is 2.28. The average Bonchev–Trinajstić information content (AvgIpc) is 2.68. The zero-order chi connectivity index (χ0) is 15.1. The van der Waals surface area contributed by atoms with Crippen LogP contribution in [0.3, 0.4) is 0 Å². The van der Waals surface area contributed by atoms with Crippen molar-refractivity contribution in [3.05, 3.63) is 29.3 Å². The molecule has 1 unspecified atom stereocenters. The first-order valence-electron chi connectivity index (χ1n) is 6.08. The molecule has 0 bridgehead atoms. The van der Waals surface area contributed by atoms with E-state index in [0.717, 1.165) is 12.1 Å². The minimum absolute atomic E-state index is 0.0794. The third-order valence-corrected chi connectivity index (χ3v) is 3.34. The standard InChI is InChI=1S/C13H15F3N2O2/c1-12(20)4-5-18(7-12)11(19)8-2-3-10(17)9(6-8)13(14,15)16/h2-3,6,20H,4-5,7,17H2,1H3. The highest BCUT2D eigenvalue weighted by molar-refractivity contribution is 5.95. The van der Waals surface area contributed by atoms with E-state index in [1.807, 2.05) is 0 Å². The molecule has 7 heteroatoms. The van der Waals surface area contributed by atoms with Gasteiger partial charge in [-0.1, -0.05) is 0 Å². The van der Waals surface area contributed by atoms with Gasteiger partial charge in [0.15, 0.2) is 0 Å². The van der Waals surface area contributed by atoms with E-state index < -0.39 is 28.9 Å². The van der Waals surface area contributed by atoms with Crippen LogP contribution in [0.4, 0.5) is 18.9 Å². The first kappa shape index (κ1) is 14.6. The number of nitrogen functional groups attached to an aromatic ring is 1. The molecule has 0 radical (unpaired) electrons. The molecule has 0 spiro atoms. The van der Waals surface area contributed by atoms with Gasteiger partial charge in [-0.25, -0.2) is 0 Å². The molecule has 0 aromatic heterocycles. The minimum atomic E-state index is -4.60. The number of likely N-dealkylation sites (tertiary alicyclic amines) is 1. The Hall–Kier alpha value is -1.76. The largest absolute Gasteiger partial charge is 0.418 e. The summed E-state index contributed by atoms with van der Waals surface area (Å²) in [7, 11) is 0. The molecule has 1 aromatic rings. The summed E-state index contributed by atoms with van der Waals surface area (Å²) in [5.74, 6) is -0.534. The maximum Gasteiger partial charge on any atom is 0.418 e. The zero-order valence-electron chi connectivity index (χ0n) is 10.9. The topological polar surface area (TPSA) is 66.6 Å². The molecule has 1 aliphatic heterocycles. The normalized spacial score (nSPS) is 23.1. The smallest absolute Gasteiger partial charge is 0.398 e. The van der Waals surface area contributed by atoms with Gasteiger partial charge >= 0.3 is 6.18 Å². The van der Waals surface area contributed by atoms with Gasteiger partial charge in [0.25, 0.3) is 5.91 Å². The van der Waals surface area contributed by atoms with Crippen molar-refractivity contribution in [3.63, 3.8) is 0 Å². The number of halogens is 3. The van der Waals surface area contributed by atoms with Crippen LogP contribution >= 0.6 is 0 Å². The van der Waals surface area contributed by atoms with Gasteiger partial charge in [-0.15, -0.1) is 0 Å². The quantitative estimate of drug-likeness (QED) is 0.775. The fraction of sp³-hybridized carbons (Fsp3) is 0.462. The van der Waals surface area contributed by atoms with Crippen LogP contribution in [0.2, 0.25) is 0 Å². The lowest BCUT2D eigenvalue weighted by Crippen LogP contribution is -2.34.